The van der Waals surface area contributed by atoms with Crippen LogP contribution in [-0.4, -0.2) is 25.0 Å². The summed E-state index contributed by atoms with van der Waals surface area (Å²) in [6.07, 6.45) is 0.481. The molecule has 150 valence electrons. The first-order valence-electron chi connectivity index (χ1n) is 9.41. The fourth-order valence-corrected chi connectivity index (χ4v) is 3.13. The monoisotopic (exact) mass is 393 g/mol. The molecule has 0 saturated heterocycles. The van der Waals surface area contributed by atoms with E-state index in [4.69, 9.17) is 9.15 Å². The molecular formula is C23H23NO5. The number of carbonyl (C=O) groups is 2. The number of hydrogen-bond donors (Lipinski definition) is 1. The average molecular weight is 393 g/mol. The van der Waals surface area contributed by atoms with Gasteiger partial charge in [0.1, 0.15) is 11.6 Å². The molecule has 2 aromatic carbocycles. The highest BCUT2D eigenvalue weighted by atomic mass is 16.5. The predicted molar refractivity (Wildman–Crippen MR) is 111 cm³/mol. The highest BCUT2D eigenvalue weighted by Gasteiger charge is 2.23. The Hall–Kier alpha value is -3.41. The Labute approximate surface area is 168 Å². The van der Waals surface area contributed by atoms with Gasteiger partial charge in [0.15, 0.2) is 0 Å². The first-order valence-corrected chi connectivity index (χ1v) is 9.41. The highest BCUT2D eigenvalue weighted by molar-refractivity contribution is 5.97. The number of benzene rings is 2. The second-order valence-corrected chi connectivity index (χ2v) is 7.24. The maximum atomic E-state index is 12.5. The quantitative estimate of drug-likeness (QED) is 0.509. The summed E-state index contributed by atoms with van der Waals surface area (Å²) in [6.45, 7) is 3.93. The van der Waals surface area contributed by atoms with Crippen LogP contribution in [0.4, 0.5) is 0 Å². The van der Waals surface area contributed by atoms with Crippen molar-refractivity contribution >= 4 is 22.8 Å². The van der Waals surface area contributed by atoms with Gasteiger partial charge in [-0.05, 0) is 42.2 Å². The van der Waals surface area contributed by atoms with Crippen LogP contribution in [0.3, 0.4) is 0 Å². The first-order chi connectivity index (χ1) is 13.9. The van der Waals surface area contributed by atoms with Crippen LogP contribution in [0, 0.1) is 5.92 Å². The van der Waals surface area contributed by atoms with E-state index in [1.165, 1.54) is 7.11 Å². The number of esters is 1. The van der Waals surface area contributed by atoms with E-state index >= 15 is 0 Å². The van der Waals surface area contributed by atoms with E-state index in [0.717, 1.165) is 5.39 Å². The average Bonchev–Trinajstić information content (AvgIpc) is 2.72. The number of fused-ring (bicyclic) bond motifs is 1. The molecule has 1 atom stereocenters. The van der Waals surface area contributed by atoms with Crippen LogP contribution in [0.25, 0.3) is 22.1 Å². The normalized spacial score (nSPS) is 12.0. The molecule has 0 aliphatic carbocycles. The van der Waals surface area contributed by atoms with Crippen LogP contribution in [0.5, 0.6) is 0 Å². The minimum absolute atomic E-state index is 0.217. The SMILES string of the molecule is COC(=O)[C@@H](CC(C)C)NC(=O)c1ccc(-c2cc3ccccc3oc2=O)cc1. The second kappa shape index (κ2) is 8.73. The fourth-order valence-electron chi connectivity index (χ4n) is 3.13. The molecule has 0 aliphatic heterocycles. The number of nitrogens with one attached hydrogen (secondary N) is 1. The molecule has 3 aromatic rings. The lowest BCUT2D eigenvalue weighted by atomic mass is 10.0. The summed E-state index contributed by atoms with van der Waals surface area (Å²) in [7, 11) is 1.30. The maximum absolute atomic E-state index is 12.5. The highest BCUT2D eigenvalue weighted by Crippen LogP contribution is 2.21. The summed E-state index contributed by atoms with van der Waals surface area (Å²) in [5.74, 6) is -0.635. The first kappa shape index (κ1) is 20.3. The summed E-state index contributed by atoms with van der Waals surface area (Å²) >= 11 is 0. The smallest absolute Gasteiger partial charge is 0.344 e. The van der Waals surface area contributed by atoms with Crippen molar-refractivity contribution in [2.24, 2.45) is 5.92 Å². The van der Waals surface area contributed by atoms with Crippen molar-refractivity contribution in [3.8, 4) is 11.1 Å². The molecule has 0 aliphatic rings. The van der Waals surface area contributed by atoms with Gasteiger partial charge in [-0.3, -0.25) is 4.79 Å². The maximum Gasteiger partial charge on any atom is 0.344 e. The summed E-state index contributed by atoms with van der Waals surface area (Å²) in [4.78, 5) is 36.8. The van der Waals surface area contributed by atoms with Crippen LogP contribution < -0.4 is 10.9 Å². The molecule has 6 heteroatoms. The van der Waals surface area contributed by atoms with Gasteiger partial charge in [0, 0.05) is 10.9 Å². The number of para-hydroxylation sites is 1. The van der Waals surface area contributed by atoms with Gasteiger partial charge in [0.05, 0.1) is 12.7 Å². The molecule has 0 bridgehead atoms. The zero-order valence-electron chi connectivity index (χ0n) is 16.6. The van der Waals surface area contributed by atoms with E-state index in [-0.39, 0.29) is 11.8 Å². The Bertz CT molecular complexity index is 1080. The molecule has 3 rings (SSSR count). The lowest BCUT2D eigenvalue weighted by Crippen LogP contribution is -2.42. The molecule has 0 fully saturated rings. The second-order valence-electron chi connectivity index (χ2n) is 7.24. The van der Waals surface area contributed by atoms with Crippen LogP contribution in [0.2, 0.25) is 0 Å². The van der Waals surface area contributed by atoms with E-state index in [1.807, 2.05) is 26.0 Å². The van der Waals surface area contributed by atoms with Crippen LogP contribution in [0.15, 0.2) is 63.8 Å². The van der Waals surface area contributed by atoms with E-state index in [1.54, 1.807) is 42.5 Å². The molecule has 1 aromatic heterocycles. The lowest BCUT2D eigenvalue weighted by molar-refractivity contribution is -0.143. The summed E-state index contributed by atoms with van der Waals surface area (Å²) in [5.41, 5.74) is 1.53. The summed E-state index contributed by atoms with van der Waals surface area (Å²) in [6, 6.07) is 14.9. The Morgan fingerprint density at radius 2 is 1.76 bits per heavy atom. The predicted octanol–water partition coefficient (Wildman–Crippen LogP) is 3.78. The van der Waals surface area contributed by atoms with Crippen molar-refractivity contribution in [2.75, 3.05) is 7.11 Å². The van der Waals surface area contributed by atoms with Crippen molar-refractivity contribution in [3.63, 3.8) is 0 Å². The fraction of sp³-hybridized carbons (Fsp3) is 0.261. The topological polar surface area (TPSA) is 85.6 Å². The van der Waals surface area contributed by atoms with Crippen molar-refractivity contribution in [1.29, 1.82) is 0 Å². The molecular weight excluding hydrogens is 370 g/mol. The Kier molecular flexibility index (Phi) is 6.12. The molecule has 29 heavy (non-hydrogen) atoms. The number of ether oxygens (including phenoxy) is 1. The third kappa shape index (κ3) is 4.71. The van der Waals surface area contributed by atoms with E-state index in [9.17, 15) is 14.4 Å². The zero-order chi connectivity index (χ0) is 21.0. The zero-order valence-corrected chi connectivity index (χ0v) is 16.6. The van der Waals surface area contributed by atoms with Gasteiger partial charge in [0.2, 0.25) is 0 Å². The van der Waals surface area contributed by atoms with Crippen LogP contribution in [0.1, 0.15) is 30.6 Å². The summed E-state index contributed by atoms with van der Waals surface area (Å²) in [5, 5.41) is 3.53. The minimum Gasteiger partial charge on any atom is -0.467 e. The van der Waals surface area contributed by atoms with Gasteiger partial charge in [0.25, 0.3) is 5.91 Å². The Morgan fingerprint density at radius 1 is 1.07 bits per heavy atom. The molecule has 0 saturated carbocycles. The van der Waals surface area contributed by atoms with E-state index in [2.05, 4.69) is 5.32 Å². The van der Waals surface area contributed by atoms with Crippen molar-refractivity contribution in [3.05, 3.63) is 70.6 Å². The minimum atomic E-state index is -0.709. The lowest BCUT2D eigenvalue weighted by Gasteiger charge is -2.18. The van der Waals surface area contributed by atoms with E-state index < -0.39 is 17.6 Å². The number of carbonyl (C=O) groups excluding carboxylic acids is 2. The van der Waals surface area contributed by atoms with Gasteiger partial charge in [-0.15, -0.1) is 0 Å². The summed E-state index contributed by atoms with van der Waals surface area (Å²) < 4.78 is 10.1. The van der Waals surface area contributed by atoms with Crippen LogP contribution in [-0.2, 0) is 9.53 Å². The van der Waals surface area contributed by atoms with Crippen molar-refractivity contribution in [2.45, 2.75) is 26.3 Å². The Morgan fingerprint density at radius 3 is 2.41 bits per heavy atom. The molecule has 1 amide bonds. The Balaban J connectivity index is 1.82. The van der Waals surface area contributed by atoms with Crippen molar-refractivity contribution in [1.82, 2.24) is 5.32 Å². The van der Waals surface area contributed by atoms with Gasteiger partial charge in [-0.25, -0.2) is 9.59 Å². The number of hydrogen-bond acceptors (Lipinski definition) is 5. The van der Waals surface area contributed by atoms with Gasteiger partial charge >= 0.3 is 11.6 Å². The third-order valence-electron chi connectivity index (χ3n) is 4.60. The largest absolute Gasteiger partial charge is 0.467 e. The number of methoxy groups -OCH3 is 1. The third-order valence-corrected chi connectivity index (χ3v) is 4.60. The molecule has 0 unspecified atom stereocenters. The van der Waals surface area contributed by atoms with E-state index in [0.29, 0.717) is 28.7 Å². The van der Waals surface area contributed by atoms with Gasteiger partial charge in [-0.2, -0.15) is 0 Å². The van der Waals surface area contributed by atoms with Gasteiger partial charge < -0.3 is 14.5 Å². The standard InChI is InChI=1S/C23H23NO5/c1-14(2)12-19(23(27)28-3)24-21(25)16-10-8-15(9-11-16)18-13-17-6-4-5-7-20(17)29-22(18)26/h4-11,13-14,19H,12H2,1-3H3,(H,24,25)/t19-/m1/s1. The molecule has 0 spiro atoms. The molecule has 6 nitrogen and oxygen atoms in total. The van der Waals surface area contributed by atoms with Gasteiger partial charge in [-0.1, -0.05) is 44.2 Å². The molecule has 1 N–H and O–H groups in total. The number of rotatable bonds is 6. The molecule has 0 radical (unpaired) electrons. The van der Waals surface area contributed by atoms with Crippen LogP contribution >= 0.6 is 0 Å². The number of amides is 1. The van der Waals surface area contributed by atoms with Crippen molar-refractivity contribution < 1.29 is 18.7 Å². The molecule has 1 heterocycles.